The van der Waals surface area contributed by atoms with Crippen molar-refractivity contribution >= 4 is 46.5 Å². The van der Waals surface area contributed by atoms with E-state index in [9.17, 15) is 28.8 Å². The predicted octanol–water partition coefficient (Wildman–Crippen LogP) is 1.64. The van der Waals surface area contributed by atoms with Crippen molar-refractivity contribution in [1.82, 2.24) is 4.57 Å². The molecule has 1 aliphatic rings. The van der Waals surface area contributed by atoms with Crippen LogP contribution in [0.1, 0.15) is 11.8 Å². The smallest absolute Gasteiger partial charge is 0.387 e. The summed E-state index contributed by atoms with van der Waals surface area (Å²) in [6, 6.07) is 7.25. The van der Waals surface area contributed by atoms with E-state index in [0.29, 0.717) is 5.39 Å². The molecule has 33 heavy (non-hydrogen) atoms. The van der Waals surface area contributed by atoms with Gasteiger partial charge in [0.25, 0.3) is 0 Å². The summed E-state index contributed by atoms with van der Waals surface area (Å²) in [4.78, 5) is 35.8. The van der Waals surface area contributed by atoms with E-state index in [2.05, 4.69) is 13.1 Å². The number of pyridine rings is 1. The van der Waals surface area contributed by atoms with Crippen LogP contribution in [0.3, 0.4) is 0 Å². The Kier molecular flexibility index (Phi) is 7.82. The Bertz CT molecular complexity index is 1250. The maximum absolute atomic E-state index is 11.9. The lowest BCUT2D eigenvalue weighted by molar-refractivity contribution is -0.0525. The van der Waals surface area contributed by atoms with E-state index < -0.39 is 54.6 Å². The lowest BCUT2D eigenvalue weighted by atomic mass is 10.1. The first-order chi connectivity index (χ1) is 15.1. The third-order valence-corrected chi connectivity index (χ3v) is 8.75. The topological polar surface area (TPSA) is 214 Å². The molecule has 0 amide bonds. The third-order valence-electron chi connectivity index (χ3n) is 4.52. The molecule has 0 aliphatic carbocycles. The molecule has 1 aromatic carbocycles. The van der Waals surface area contributed by atoms with Crippen LogP contribution in [0.5, 0.6) is 0 Å². The first-order valence-electron chi connectivity index (χ1n) is 9.00. The SMILES string of the molecule is Cc1ccc2c(=S)n([C@@H]3O[C@H](COP(=O)(O)OP(=O)(O)OP(=O)(O)O)C(O)C3O)ccc2c1. The number of rotatable bonds is 8. The highest BCUT2D eigenvalue weighted by Gasteiger charge is 2.46. The number of hydrogen-bond donors (Lipinski definition) is 6. The van der Waals surface area contributed by atoms with Gasteiger partial charge in [0.2, 0.25) is 0 Å². The number of ether oxygens (including phenoxy) is 1. The number of aliphatic hydroxyl groups excluding tert-OH is 2. The molecule has 1 aromatic heterocycles. The zero-order valence-electron chi connectivity index (χ0n) is 16.6. The van der Waals surface area contributed by atoms with Gasteiger partial charge in [-0.15, -0.1) is 0 Å². The van der Waals surface area contributed by atoms with Gasteiger partial charge in [0, 0.05) is 11.6 Å². The Morgan fingerprint density at radius 1 is 1.03 bits per heavy atom. The third kappa shape index (κ3) is 6.63. The zero-order valence-corrected chi connectivity index (χ0v) is 20.1. The van der Waals surface area contributed by atoms with Crippen molar-refractivity contribution in [1.29, 1.82) is 0 Å². The van der Waals surface area contributed by atoms with E-state index in [1.807, 2.05) is 19.1 Å². The van der Waals surface area contributed by atoms with Crippen LogP contribution in [-0.2, 0) is 31.6 Å². The van der Waals surface area contributed by atoms with Gasteiger partial charge in [-0.2, -0.15) is 8.62 Å². The van der Waals surface area contributed by atoms with Crippen LogP contribution in [0.15, 0.2) is 30.5 Å². The molecule has 6 atom stereocenters. The maximum Gasteiger partial charge on any atom is 0.490 e. The molecule has 3 rings (SSSR count). The van der Waals surface area contributed by atoms with E-state index in [4.69, 9.17) is 31.6 Å². The quantitative estimate of drug-likeness (QED) is 0.205. The average molecular weight is 547 g/mol. The molecule has 0 saturated carbocycles. The lowest BCUT2D eigenvalue weighted by Crippen LogP contribution is -2.33. The number of aliphatic hydroxyl groups is 2. The van der Waals surface area contributed by atoms with Crippen molar-refractivity contribution in [3.05, 3.63) is 40.7 Å². The Hall–Kier alpha value is -0.860. The molecule has 0 radical (unpaired) electrons. The summed E-state index contributed by atoms with van der Waals surface area (Å²) in [5, 5.41) is 22.2. The summed E-state index contributed by atoms with van der Waals surface area (Å²) >= 11 is 5.45. The van der Waals surface area contributed by atoms with Crippen molar-refractivity contribution < 1.29 is 61.4 Å². The highest BCUT2D eigenvalue weighted by atomic mass is 32.1. The van der Waals surface area contributed by atoms with Crippen molar-refractivity contribution in [3.63, 3.8) is 0 Å². The number of phosphoric acid groups is 3. The van der Waals surface area contributed by atoms with Crippen LogP contribution in [0.25, 0.3) is 10.8 Å². The fourth-order valence-electron chi connectivity index (χ4n) is 3.15. The van der Waals surface area contributed by atoms with Crippen LogP contribution in [0, 0.1) is 11.6 Å². The molecular weight excluding hydrogens is 527 g/mol. The van der Waals surface area contributed by atoms with Crippen molar-refractivity contribution in [2.75, 3.05) is 6.61 Å². The second kappa shape index (κ2) is 9.65. The number of phosphoric ester groups is 1. The Labute approximate surface area is 191 Å². The molecule has 18 heteroatoms. The molecule has 0 bridgehead atoms. The van der Waals surface area contributed by atoms with E-state index in [0.717, 1.165) is 10.9 Å². The van der Waals surface area contributed by atoms with Gasteiger partial charge in [0.05, 0.1) is 6.61 Å². The van der Waals surface area contributed by atoms with Crippen molar-refractivity contribution in [2.24, 2.45) is 0 Å². The standard InChI is InChI=1S/C15H20NO13P3S/c1-8-2-3-10-9(6-8)4-5-16(15(10)33)14-13(18)12(17)11(27-14)7-26-31(22,23)29-32(24,25)28-30(19,20)21/h2-6,11-14,17-18H,7H2,1H3,(H,22,23)(H,24,25)(H2,19,20,21)/t11-,12?,13?,14-/m1/s1. The molecule has 1 saturated heterocycles. The minimum atomic E-state index is -5.69. The minimum Gasteiger partial charge on any atom is -0.387 e. The summed E-state index contributed by atoms with van der Waals surface area (Å²) in [6.45, 7) is 0.991. The van der Waals surface area contributed by atoms with E-state index >= 15 is 0 Å². The first kappa shape index (κ1) is 26.7. The minimum absolute atomic E-state index is 0.289. The summed E-state index contributed by atoms with van der Waals surface area (Å²) in [6.07, 6.45) is -4.24. The van der Waals surface area contributed by atoms with Gasteiger partial charge in [0.15, 0.2) is 6.23 Å². The number of benzene rings is 1. The van der Waals surface area contributed by atoms with E-state index in [1.165, 1.54) is 10.8 Å². The molecule has 14 nitrogen and oxygen atoms in total. The Morgan fingerprint density at radius 2 is 1.70 bits per heavy atom. The largest absolute Gasteiger partial charge is 0.490 e. The summed E-state index contributed by atoms with van der Waals surface area (Å²) in [5.41, 5.74) is 1.01. The van der Waals surface area contributed by atoms with Crippen LogP contribution >= 0.6 is 35.7 Å². The van der Waals surface area contributed by atoms with Gasteiger partial charge in [-0.3, -0.25) is 4.52 Å². The molecule has 0 spiro atoms. The average Bonchev–Trinajstić information content (AvgIpc) is 2.92. The predicted molar refractivity (Wildman–Crippen MR) is 113 cm³/mol. The highest BCUT2D eigenvalue weighted by molar-refractivity contribution is 7.71. The van der Waals surface area contributed by atoms with Crippen LogP contribution < -0.4 is 0 Å². The first-order valence-corrected chi connectivity index (χ1v) is 13.9. The van der Waals surface area contributed by atoms with Gasteiger partial charge >= 0.3 is 23.5 Å². The maximum atomic E-state index is 11.9. The second-order valence-electron chi connectivity index (χ2n) is 7.05. The molecule has 6 N–H and O–H groups in total. The molecule has 1 aliphatic heterocycles. The number of hydrogen-bond acceptors (Lipinski definition) is 10. The van der Waals surface area contributed by atoms with Gasteiger partial charge in [0.1, 0.15) is 23.0 Å². The molecule has 4 unspecified atom stereocenters. The molecule has 2 heterocycles. The summed E-state index contributed by atoms with van der Waals surface area (Å²) in [5.74, 6) is 0. The molecular formula is C15H20NO13P3S. The lowest BCUT2D eigenvalue weighted by Gasteiger charge is -2.20. The van der Waals surface area contributed by atoms with Gasteiger partial charge < -0.3 is 39.1 Å². The number of aryl methyl sites for hydroxylation is 1. The van der Waals surface area contributed by atoms with Crippen molar-refractivity contribution in [2.45, 2.75) is 31.5 Å². The fourth-order valence-corrected chi connectivity index (χ4v) is 6.53. The van der Waals surface area contributed by atoms with E-state index in [-0.39, 0.29) is 4.64 Å². The highest BCUT2D eigenvalue weighted by Crippen LogP contribution is 2.66. The molecule has 184 valence electrons. The van der Waals surface area contributed by atoms with Crippen LogP contribution in [0.2, 0.25) is 0 Å². The number of nitrogens with zero attached hydrogens (tertiary/aromatic N) is 1. The van der Waals surface area contributed by atoms with Gasteiger partial charge in [-0.05, 0) is 18.4 Å². The fraction of sp³-hybridized carbons (Fsp3) is 0.400. The summed E-state index contributed by atoms with van der Waals surface area (Å²) < 4.78 is 52.8. The zero-order chi connectivity index (χ0) is 24.8. The van der Waals surface area contributed by atoms with Crippen LogP contribution in [0.4, 0.5) is 0 Å². The van der Waals surface area contributed by atoms with Gasteiger partial charge in [-0.25, -0.2) is 13.7 Å². The Morgan fingerprint density at radius 3 is 2.33 bits per heavy atom. The molecule has 1 fully saturated rings. The number of fused-ring (bicyclic) bond motifs is 1. The van der Waals surface area contributed by atoms with Crippen molar-refractivity contribution in [3.8, 4) is 0 Å². The normalized spacial score (nSPS) is 27.4. The second-order valence-corrected chi connectivity index (χ2v) is 11.9. The number of aromatic nitrogens is 1. The monoisotopic (exact) mass is 547 g/mol. The van der Waals surface area contributed by atoms with Gasteiger partial charge in [-0.1, -0.05) is 36.0 Å². The Balaban J connectivity index is 1.73. The van der Waals surface area contributed by atoms with E-state index in [1.54, 1.807) is 12.1 Å². The van der Waals surface area contributed by atoms with Crippen LogP contribution in [-0.4, -0.2) is 59.3 Å². The molecule has 2 aromatic rings. The summed E-state index contributed by atoms with van der Waals surface area (Å²) in [7, 11) is -16.6.